The van der Waals surface area contributed by atoms with Crippen molar-refractivity contribution >= 4 is 11.3 Å². The van der Waals surface area contributed by atoms with E-state index < -0.39 is 5.75 Å². The predicted molar refractivity (Wildman–Crippen MR) is 68.8 cm³/mol. The van der Waals surface area contributed by atoms with Gasteiger partial charge >= 0.3 is 0 Å². The Morgan fingerprint density at radius 1 is 1.17 bits per heavy atom. The Kier molecular flexibility index (Phi) is 3.69. The van der Waals surface area contributed by atoms with Gasteiger partial charge in [0.05, 0.1) is 10.7 Å². The molecule has 18 heavy (non-hydrogen) atoms. The van der Waals surface area contributed by atoms with Crippen molar-refractivity contribution in [1.82, 2.24) is 10.3 Å². The van der Waals surface area contributed by atoms with Gasteiger partial charge in [-0.2, -0.15) is 0 Å². The molecular formula is C12H14N2O3S. The summed E-state index contributed by atoms with van der Waals surface area (Å²) >= 11 is 1.58. The molecule has 0 saturated heterocycles. The van der Waals surface area contributed by atoms with Crippen LogP contribution in [0.3, 0.4) is 0 Å². The lowest BCUT2D eigenvalue weighted by Gasteiger charge is -2.08. The maximum atomic E-state index is 9.62. The van der Waals surface area contributed by atoms with Crippen LogP contribution in [0.2, 0.25) is 0 Å². The third-order valence-electron chi connectivity index (χ3n) is 2.50. The van der Waals surface area contributed by atoms with Crippen molar-refractivity contribution in [1.29, 1.82) is 0 Å². The van der Waals surface area contributed by atoms with Gasteiger partial charge in [-0.05, 0) is 13.0 Å². The number of nitrogens with zero attached hydrogens (tertiary/aromatic N) is 1. The number of nitrogens with one attached hydrogen (secondary N) is 1. The molecule has 5 nitrogen and oxygen atoms in total. The average molecular weight is 266 g/mol. The highest BCUT2D eigenvalue weighted by Crippen LogP contribution is 2.36. The summed E-state index contributed by atoms with van der Waals surface area (Å²) in [6, 6.07) is 2.91. The van der Waals surface area contributed by atoms with Gasteiger partial charge in [0.25, 0.3) is 0 Å². The summed E-state index contributed by atoms with van der Waals surface area (Å²) in [7, 11) is 0. The predicted octanol–water partition coefficient (Wildman–Crippen LogP) is 1.86. The van der Waals surface area contributed by atoms with Gasteiger partial charge in [0.15, 0.2) is 11.5 Å². The summed E-state index contributed by atoms with van der Waals surface area (Å²) in [5.41, 5.74) is 1.47. The summed E-state index contributed by atoms with van der Waals surface area (Å²) < 4.78 is 0. The molecule has 0 saturated carbocycles. The molecule has 1 aromatic heterocycles. The van der Waals surface area contributed by atoms with E-state index in [0.717, 1.165) is 10.7 Å². The normalized spacial score (nSPS) is 10.7. The van der Waals surface area contributed by atoms with Crippen molar-refractivity contribution in [3.63, 3.8) is 0 Å². The molecule has 0 spiro atoms. The largest absolute Gasteiger partial charge is 0.504 e. The summed E-state index contributed by atoms with van der Waals surface area (Å²) in [5.74, 6) is -1.11. The molecule has 6 heteroatoms. The molecule has 96 valence electrons. The number of hydrogen-bond acceptors (Lipinski definition) is 6. The first-order chi connectivity index (χ1) is 8.58. The van der Waals surface area contributed by atoms with E-state index in [4.69, 9.17) is 0 Å². The molecule has 0 bridgehead atoms. The van der Waals surface area contributed by atoms with Crippen molar-refractivity contribution in [2.24, 2.45) is 0 Å². The highest BCUT2D eigenvalue weighted by atomic mass is 32.1. The lowest BCUT2D eigenvalue weighted by Crippen LogP contribution is -2.13. The Labute approximate surface area is 108 Å². The van der Waals surface area contributed by atoms with E-state index in [1.807, 2.05) is 12.3 Å². The van der Waals surface area contributed by atoms with Crippen LogP contribution in [0.4, 0.5) is 0 Å². The van der Waals surface area contributed by atoms with Gasteiger partial charge < -0.3 is 20.6 Å². The lowest BCUT2D eigenvalue weighted by molar-refractivity contribution is 0.364. The Morgan fingerprint density at radius 3 is 2.61 bits per heavy atom. The van der Waals surface area contributed by atoms with Crippen molar-refractivity contribution in [3.05, 3.63) is 33.8 Å². The van der Waals surface area contributed by atoms with Crippen LogP contribution in [-0.4, -0.2) is 20.3 Å². The molecule has 0 radical (unpaired) electrons. The van der Waals surface area contributed by atoms with Crippen LogP contribution in [0.15, 0.2) is 17.5 Å². The fourth-order valence-electron chi connectivity index (χ4n) is 1.57. The van der Waals surface area contributed by atoms with E-state index in [-0.39, 0.29) is 11.5 Å². The Balaban J connectivity index is 1.96. The SMILES string of the molecule is Cc1nc(CNCc2ccc(O)c(O)c2O)cs1. The zero-order chi connectivity index (χ0) is 13.1. The highest BCUT2D eigenvalue weighted by Gasteiger charge is 2.10. The van der Waals surface area contributed by atoms with E-state index in [9.17, 15) is 15.3 Å². The number of aromatic nitrogens is 1. The first kappa shape index (κ1) is 12.7. The number of aromatic hydroxyl groups is 3. The molecule has 0 atom stereocenters. The van der Waals surface area contributed by atoms with Crippen LogP contribution >= 0.6 is 11.3 Å². The molecule has 0 aliphatic carbocycles. The van der Waals surface area contributed by atoms with Crippen molar-refractivity contribution in [2.75, 3.05) is 0 Å². The zero-order valence-electron chi connectivity index (χ0n) is 9.84. The first-order valence-corrected chi connectivity index (χ1v) is 6.30. The monoisotopic (exact) mass is 266 g/mol. The number of phenolic OH excluding ortho intramolecular Hbond substituents is 3. The van der Waals surface area contributed by atoms with Gasteiger partial charge in [-0.1, -0.05) is 6.07 Å². The van der Waals surface area contributed by atoms with Crippen molar-refractivity contribution in [2.45, 2.75) is 20.0 Å². The quantitative estimate of drug-likeness (QED) is 0.635. The summed E-state index contributed by atoms with van der Waals surface area (Å²) in [6.45, 7) is 2.92. The summed E-state index contributed by atoms with van der Waals surface area (Å²) in [4.78, 5) is 4.30. The van der Waals surface area contributed by atoms with Crippen LogP contribution < -0.4 is 5.32 Å². The van der Waals surface area contributed by atoms with Crippen LogP contribution in [0, 0.1) is 6.92 Å². The molecule has 0 fully saturated rings. The standard InChI is InChI=1S/C12H14N2O3S/c1-7-14-9(6-18-7)5-13-4-8-2-3-10(15)12(17)11(8)16/h2-3,6,13,15-17H,4-5H2,1H3. The smallest absolute Gasteiger partial charge is 0.200 e. The van der Waals surface area contributed by atoms with E-state index in [1.165, 1.54) is 6.07 Å². The molecule has 4 N–H and O–H groups in total. The molecule has 1 heterocycles. The molecule has 0 aliphatic heterocycles. The van der Waals surface area contributed by atoms with Crippen molar-refractivity contribution < 1.29 is 15.3 Å². The van der Waals surface area contributed by atoms with Crippen molar-refractivity contribution in [3.8, 4) is 17.2 Å². The minimum atomic E-state index is -0.487. The minimum Gasteiger partial charge on any atom is -0.504 e. The lowest BCUT2D eigenvalue weighted by atomic mass is 10.1. The van der Waals surface area contributed by atoms with Gasteiger partial charge in [0, 0.05) is 24.0 Å². The molecule has 0 unspecified atom stereocenters. The van der Waals surface area contributed by atoms with Gasteiger partial charge in [-0.15, -0.1) is 11.3 Å². The van der Waals surface area contributed by atoms with Gasteiger partial charge in [-0.3, -0.25) is 0 Å². The van der Waals surface area contributed by atoms with Crippen LogP contribution in [0.5, 0.6) is 17.2 Å². The number of rotatable bonds is 4. The molecular weight excluding hydrogens is 252 g/mol. The maximum Gasteiger partial charge on any atom is 0.200 e. The fraction of sp³-hybridized carbons (Fsp3) is 0.250. The summed E-state index contributed by atoms with van der Waals surface area (Å²) in [5, 5.41) is 34.3. The highest BCUT2D eigenvalue weighted by molar-refractivity contribution is 7.09. The van der Waals surface area contributed by atoms with Gasteiger partial charge in [-0.25, -0.2) is 4.98 Å². The number of hydrogen-bond donors (Lipinski definition) is 4. The Hall–Kier alpha value is -1.79. The molecule has 2 rings (SSSR count). The average Bonchev–Trinajstić information content (AvgIpc) is 2.75. The van der Waals surface area contributed by atoms with Gasteiger partial charge in [0.2, 0.25) is 5.75 Å². The van der Waals surface area contributed by atoms with E-state index >= 15 is 0 Å². The first-order valence-electron chi connectivity index (χ1n) is 5.42. The third kappa shape index (κ3) is 2.72. The molecule has 0 aliphatic rings. The van der Waals surface area contributed by atoms with E-state index in [0.29, 0.717) is 18.7 Å². The zero-order valence-corrected chi connectivity index (χ0v) is 10.7. The second-order valence-corrected chi connectivity index (χ2v) is 4.96. The van der Waals surface area contributed by atoms with Crippen LogP contribution in [0.1, 0.15) is 16.3 Å². The Bertz CT molecular complexity index is 554. The van der Waals surface area contributed by atoms with Crippen LogP contribution in [-0.2, 0) is 13.1 Å². The number of aryl methyl sites for hydroxylation is 1. The maximum absolute atomic E-state index is 9.62. The van der Waals surface area contributed by atoms with E-state index in [2.05, 4.69) is 10.3 Å². The summed E-state index contributed by atoms with van der Waals surface area (Å²) in [6.07, 6.45) is 0. The third-order valence-corrected chi connectivity index (χ3v) is 3.32. The number of benzene rings is 1. The van der Waals surface area contributed by atoms with Gasteiger partial charge in [0.1, 0.15) is 0 Å². The number of phenols is 3. The topological polar surface area (TPSA) is 85.6 Å². The Morgan fingerprint density at radius 2 is 1.94 bits per heavy atom. The van der Waals surface area contributed by atoms with Crippen LogP contribution in [0.25, 0.3) is 0 Å². The molecule has 0 amide bonds. The van der Waals surface area contributed by atoms with E-state index in [1.54, 1.807) is 17.4 Å². The molecule has 1 aromatic carbocycles. The molecule has 2 aromatic rings. The fourth-order valence-corrected chi connectivity index (χ4v) is 2.18. The minimum absolute atomic E-state index is 0.294. The number of thiazole rings is 1. The second kappa shape index (κ2) is 5.24. The second-order valence-electron chi connectivity index (χ2n) is 3.90.